The van der Waals surface area contributed by atoms with E-state index >= 15 is 0 Å². The quantitative estimate of drug-likeness (QED) is 0.596. The number of rotatable bonds is 6. The molecule has 1 aromatic rings. The van der Waals surface area contributed by atoms with E-state index in [4.69, 9.17) is 14.6 Å². The van der Waals surface area contributed by atoms with Gasteiger partial charge in [-0.1, -0.05) is 6.07 Å². The van der Waals surface area contributed by atoms with Crippen molar-refractivity contribution in [1.29, 1.82) is 0 Å². The molecular weight excluding hydrogens is 252 g/mol. The zero-order valence-corrected chi connectivity index (χ0v) is 10.8. The molecule has 1 aromatic carbocycles. The lowest BCUT2D eigenvalue weighted by atomic mass is 9.97. The maximum atomic E-state index is 11.6. The fourth-order valence-electron chi connectivity index (χ4n) is 1.66. The van der Waals surface area contributed by atoms with Crippen molar-refractivity contribution in [3.05, 3.63) is 29.3 Å². The van der Waals surface area contributed by atoms with Gasteiger partial charge in [-0.25, -0.2) is 0 Å². The molecule has 2 N–H and O–H groups in total. The lowest BCUT2D eigenvalue weighted by molar-refractivity contribution is -0.153. The first-order chi connectivity index (χ1) is 9.01. The van der Waals surface area contributed by atoms with Crippen molar-refractivity contribution >= 4 is 11.9 Å². The van der Waals surface area contributed by atoms with E-state index in [0.717, 1.165) is 0 Å². The molecule has 6 nitrogen and oxygen atoms in total. The van der Waals surface area contributed by atoms with Crippen LogP contribution in [0.5, 0.6) is 5.75 Å². The Morgan fingerprint density at radius 3 is 2.58 bits per heavy atom. The molecule has 0 amide bonds. The van der Waals surface area contributed by atoms with Gasteiger partial charge in [0.05, 0.1) is 13.2 Å². The van der Waals surface area contributed by atoms with Crippen LogP contribution < -0.4 is 0 Å². The highest BCUT2D eigenvalue weighted by atomic mass is 16.5. The Bertz CT molecular complexity index is 468. The molecule has 0 fully saturated rings. The molecule has 19 heavy (non-hydrogen) atoms. The molecule has 1 rings (SSSR count). The van der Waals surface area contributed by atoms with Crippen molar-refractivity contribution in [1.82, 2.24) is 0 Å². The highest BCUT2D eigenvalue weighted by Gasteiger charge is 2.30. The smallest absolute Gasteiger partial charge is 0.324 e. The zero-order valence-electron chi connectivity index (χ0n) is 10.8. The average molecular weight is 268 g/mol. The zero-order chi connectivity index (χ0) is 14.4. The summed E-state index contributed by atoms with van der Waals surface area (Å²) in [6.07, 6.45) is 0. The number of hydrogen-bond acceptors (Lipinski definition) is 5. The predicted molar refractivity (Wildman–Crippen MR) is 65.8 cm³/mol. The molecule has 0 aliphatic rings. The van der Waals surface area contributed by atoms with E-state index in [9.17, 15) is 14.7 Å². The summed E-state index contributed by atoms with van der Waals surface area (Å²) in [5.74, 6) is -3.55. The first kappa shape index (κ1) is 15.0. The Kier molecular flexibility index (Phi) is 5.32. The Morgan fingerprint density at radius 2 is 2.05 bits per heavy atom. The third kappa shape index (κ3) is 3.69. The van der Waals surface area contributed by atoms with Crippen LogP contribution in [0.2, 0.25) is 0 Å². The minimum absolute atomic E-state index is 0.0152. The van der Waals surface area contributed by atoms with Crippen molar-refractivity contribution in [2.75, 3.05) is 13.7 Å². The molecule has 0 spiro atoms. The van der Waals surface area contributed by atoms with Gasteiger partial charge in [0.15, 0.2) is 5.92 Å². The lowest BCUT2D eigenvalue weighted by Crippen LogP contribution is -2.24. The average Bonchev–Trinajstić information content (AvgIpc) is 2.33. The molecule has 0 saturated heterocycles. The minimum Gasteiger partial charge on any atom is -0.508 e. The monoisotopic (exact) mass is 268 g/mol. The van der Waals surface area contributed by atoms with E-state index in [1.807, 2.05) is 0 Å². The van der Waals surface area contributed by atoms with Crippen molar-refractivity contribution in [3.63, 3.8) is 0 Å². The number of hydrogen-bond donors (Lipinski definition) is 2. The number of carbonyl (C=O) groups is 2. The second-order valence-electron chi connectivity index (χ2n) is 3.84. The first-order valence-corrected chi connectivity index (χ1v) is 5.71. The van der Waals surface area contributed by atoms with Crippen LogP contribution in [0.4, 0.5) is 0 Å². The van der Waals surface area contributed by atoms with E-state index in [0.29, 0.717) is 5.56 Å². The summed E-state index contributed by atoms with van der Waals surface area (Å²) in [5, 5.41) is 18.7. The largest absolute Gasteiger partial charge is 0.508 e. The van der Waals surface area contributed by atoms with Gasteiger partial charge in [0.1, 0.15) is 5.75 Å². The molecule has 1 unspecified atom stereocenters. The SMILES string of the molecule is CCOC(=O)C(C(=O)O)c1ccc(O)c(COC)c1. The molecule has 0 radical (unpaired) electrons. The number of aromatic hydroxyl groups is 1. The number of aliphatic carboxylic acids is 1. The van der Waals surface area contributed by atoms with Gasteiger partial charge in [-0.15, -0.1) is 0 Å². The highest BCUT2D eigenvalue weighted by molar-refractivity contribution is 6.00. The second kappa shape index (κ2) is 6.75. The Hall–Kier alpha value is -2.08. The molecular formula is C13H16O6. The van der Waals surface area contributed by atoms with Gasteiger partial charge in [-0.05, 0) is 24.6 Å². The molecule has 0 saturated carbocycles. The predicted octanol–water partition coefficient (Wildman–Crippen LogP) is 1.27. The molecule has 0 heterocycles. The summed E-state index contributed by atoms with van der Waals surface area (Å²) in [5.41, 5.74) is 0.659. The van der Waals surface area contributed by atoms with Gasteiger partial charge < -0.3 is 19.7 Å². The summed E-state index contributed by atoms with van der Waals surface area (Å²) in [7, 11) is 1.45. The van der Waals surface area contributed by atoms with E-state index < -0.39 is 17.9 Å². The van der Waals surface area contributed by atoms with Crippen molar-refractivity contribution < 1.29 is 29.3 Å². The molecule has 0 aliphatic carbocycles. The van der Waals surface area contributed by atoms with Gasteiger partial charge in [0, 0.05) is 12.7 Å². The van der Waals surface area contributed by atoms with Crippen LogP contribution in [0.3, 0.4) is 0 Å². The Balaban J connectivity index is 3.12. The number of benzene rings is 1. The first-order valence-electron chi connectivity index (χ1n) is 5.71. The normalized spacial score (nSPS) is 11.9. The summed E-state index contributed by atoms with van der Waals surface area (Å²) in [6.45, 7) is 1.82. The molecule has 6 heteroatoms. The number of carbonyl (C=O) groups excluding carboxylic acids is 1. The van der Waals surface area contributed by atoms with Crippen molar-refractivity contribution in [2.24, 2.45) is 0 Å². The molecule has 0 bridgehead atoms. The Morgan fingerprint density at radius 1 is 1.37 bits per heavy atom. The topological polar surface area (TPSA) is 93.1 Å². The minimum atomic E-state index is -1.41. The number of methoxy groups -OCH3 is 1. The lowest BCUT2D eigenvalue weighted by Gasteiger charge is -2.13. The van der Waals surface area contributed by atoms with Crippen LogP contribution in [0.25, 0.3) is 0 Å². The van der Waals surface area contributed by atoms with E-state index in [2.05, 4.69) is 0 Å². The van der Waals surface area contributed by atoms with Crippen LogP contribution in [0.1, 0.15) is 24.0 Å². The Labute approximate surface area is 110 Å². The van der Waals surface area contributed by atoms with Crippen LogP contribution in [0, 0.1) is 0 Å². The third-order valence-corrected chi connectivity index (χ3v) is 2.51. The van der Waals surface area contributed by atoms with E-state index in [1.54, 1.807) is 6.92 Å². The van der Waals surface area contributed by atoms with Crippen LogP contribution in [0.15, 0.2) is 18.2 Å². The number of esters is 1. The highest BCUT2D eigenvalue weighted by Crippen LogP contribution is 2.25. The van der Waals surface area contributed by atoms with E-state index in [-0.39, 0.29) is 24.5 Å². The van der Waals surface area contributed by atoms with E-state index in [1.165, 1.54) is 25.3 Å². The maximum Gasteiger partial charge on any atom is 0.324 e. The molecule has 0 aliphatic heterocycles. The molecule has 1 atom stereocenters. The number of phenols is 1. The summed E-state index contributed by atoms with van der Waals surface area (Å²) < 4.78 is 9.62. The molecule has 0 aromatic heterocycles. The fraction of sp³-hybridized carbons (Fsp3) is 0.385. The summed E-state index contributed by atoms with van der Waals surface area (Å²) in [4.78, 5) is 22.8. The van der Waals surface area contributed by atoms with Gasteiger partial charge in [-0.2, -0.15) is 0 Å². The summed E-state index contributed by atoms with van der Waals surface area (Å²) >= 11 is 0. The summed E-state index contributed by atoms with van der Waals surface area (Å²) in [6, 6.07) is 4.14. The number of carboxylic acids is 1. The maximum absolute atomic E-state index is 11.6. The van der Waals surface area contributed by atoms with Crippen molar-refractivity contribution in [2.45, 2.75) is 19.4 Å². The number of carboxylic acid groups (broad SMARTS) is 1. The molecule has 104 valence electrons. The van der Waals surface area contributed by atoms with Crippen molar-refractivity contribution in [3.8, 4) is 5.75 Å². The fourth-order valence-corrected chi connectivity index (χ4v) is 1.66. The standard InChI is InChI=1S/C13H16O6/c1-3-19-13(17)11(12(15)16)8-4-5-10(14)9(6-8)7-18-2/h4-6,11,14H,3,7H2,1-2H3,(H,15,16). The van der Waals surface area contributed by atoms with Crippen LogP contribution in [-0.2, 0) is 25.7 Å². The third-order valence-electron chi connectivity index (χ3n) is 2.51. The van der Waals surface area contributed by atoms with Gasteiger partial charge in [0.25, 0.3) is 0 Å². The van der Waals surface area contributed by atoms with Crippen LogP contribution >= 0.6 is 0 Å². The van der Waals surface area contributed by atoms with Crippen LogP contribution in [-0.4, -0.2) is 35.9 Å². The second-order valence-corrected chi connectivity index (χ2v) is 3.84. The number of ether oxygens (including phenoxy) is 2. The van der Waals surface area contributed by atoms with Gasteiger partial charge in [-0.3, -0.25) is 9.59 Å². The van der Waals surface area contributed by atoms with Gasteiger partial charge >= 0.3 is 11.9 Å². The van der Waals surface area contributed by atoms with Gasteiger partial charge in [0.2, 0.25) is 0 Å². The number of phenolic OH excluding ortho intramolecular Hbond substituents is 1.